The van der Waals surface area contributed by atoms with Crippen LogP contribution in [0.2, 0.25) is 0 Å². The lowest BCUT2D eigenvalue weighted by Crippen LogP contribution is -2.66. The lowest BCUT2D eigenvalue weighted by molar-refractivity contribution is -0.158. The zero-order chi connectivity index (χ0) is 58.4. The molecule has 1 aromatic heterocycles. The van der Waals surface area contributed by atoms with Crippen LogP contribution in [0.25, 0.3) is 10.1 Å². The van der Waals surface area contributed by atoms with Crippen molar-refractivity contribution in [1.82, 2.24) is 35.6 Å². The highest BCUT2D eigenvalue weighted by Crippen LogP contribution is 2.59. The molecule has 0 saturated carbocycles. The minimum absolute atomic E-state index is 0.0179. The third-order valence-electron chi connectivity index (χ3n) is 14.7. The van der Waals surface area contributed by atoms with Crippen molar-refractivity contribution >= 4 is 82.2 Å². The van der Waals surface area contributed by atoms with E-state index in [-0.39, 0.29) is 73.6 Å². The Bertz CT molecular complexity index is 3240. The fraction of sp³-hybridized carbons (Fsp3) is 0.456. The number of amides is 9. The van der Waals surface area contributed by atoms with Crippen molar-refractivity contribution in [2.24, 2.45) is 5.41 Å². The molecule has 3 fully saturated rings. The number of halogens is 2. The number of carbonyl (C=O) groups excluding carboxylic acids is 9. The van der Waals surface area contributed by atoms with E-state index in [4.69, 9.17) is 4.74 Å². The number of piperazine rings is 1. The van der Waals surface area contributed by atoms with E-state index in [1.54, 1.807) is 37.8 Å². The zero-order valence-electron chi connectivity index (χ0n) is 45.0. The van der Waals surface area contributed by atoms with Crippen molar-refractivity contribution in [1.29, 1.82) is 0 Å². The first-order valence-corrected chi connectivity index (χ1v) is 29.3. The SMILES string of the molecule is CC(C)(C)[C@H](NC(=O)c1cc2cc(C(F)(F)P(=O)(O)O)ccc2s1)C(=O)N1CCN(C(=O)CC(=O)NCCCCCCCCC#Cc2ccc3c(c2)C(=O)N(C2CCC(=O)NC2=O)C3=O)C[C@H]1C(=O)N1CCOC(c2ccccc2)C1. The quantitative estimate of drug-likeness (QED) is 0.0267. The smallest absolute Gasteiger partial charge is 0.370 e. The van der Waals surface area contributed by atoms with Gasteiger partial charge in [0, 0.05) is 54.8 Å². The van der Waals surface area contributed by atoms with Crippen molar-refractivity contribution in [3.8, 4) is 11.8 Å². The number of imide groups is 2. The molecule has 81 heavy (non-hydrogen) atoms. The van der Waals surface area contributed by atoms with E-state index in [0.717, 1.165) is 66.0 Å². The number of nitrogens with one attached hydrogen (secondary N) is 3. The molecule has 0 aliphatic carbocycles. The Kier molecular flexibility index (Phi) is 18.7. The van der Waals surface area contributed by atoms with E-state index in [1.165, 1.54) is 28.0 Å². The monoisotopic (exact) mass is 1160 g/mol. The summed E-state index contributed by atoms with van der Waals surface area (Å²) < 4.78 is 47.2. The fourth-order valence-electron chi connectivity index (χ4n) is 10.2. The molecule has 8 rings (SSSR count). The summed E-state index contributed by atoms with van der Waals surface area (Å²) >= 11 is 0.926. The van der Waals surface area contributed by atoms with Gasteiger partial charge in [0.05, 0.1) is 35.7 Å². The molecule has 20 nitrogen and oxygen atoms in total. The highest BCUT2D eigenvalue weighted by atomic mass is 32.1. The number of unbranched alkanes of at least 4 members (excludes halogenated alkanes) is 6. The van der Waals surface area contributed by atoms with Crippen LogP contribution in [0.1, 0.15) is 138 Å². The number of benzene rings is 3. The number of piperidine rings is 1. The van der Waals surface area contributed by atoms with Gasteiger partial charge in [-0.2, -0.15) is 8.78 Å². The summed E-state index contributed by atoms with van der Waals surface area (Å²) in [6, 6.07) is 14.8. The van der Waals surface area contributed by atoms with E-state index >= 15 is 0 Å². The molecule has 4 aliphatic heterocycles. The first-order chi connectivity index (χ1) is 38.4. The summed E-state index contributed by atoms with van der Waals surface area (Å²) in [5, 5.41) is 7.91. The van der Waals surface area contributed by atoms with Crippen LogP contribution in [0.5, 0.6) is 0 Å². The van der Waals surface area contributed by atoms with Crippen LogP contribution < -0.4 is 16.0 Å². The van der Waals surface area contributed by atoms with Crippen molar-refractivity contribution in [2.45, 2.75) is 115 Å². The maximum absolute atomic E-state index is 14.8. The van der Waals surface area contributed by atoms with E-state index in [2.05, 4.69) is 27.8 Å². The minimum Gasteiger partial charge on any atom is -0.370 e. The molecule has 2 unspecified atom stereocenters. The van der Waals surface area contributed by atoms with E-state index in [0.29, 0.717) is 29.6 Å². The van der Waals surface area contributed by atoms with Crippen LogP contribution in [0.15, 0.2) is 72.8 Å². The first-order valence-electron chi connectivity index (χ1n) is 26.9. The second-order valence-electron chi connectivity index (χ2n) is 21.6. The maximum atomic E-state index is 14.8. The van der Waals surface area contributed by atoms with Gasteiger partial charge >= 0.3 is 13.3 Å². The van der Waals surface area contributed by atoms with Crippen LogP contribution in [-0.2, 0) is 43.7 Å². The van der Waals surface area contributed by atoms with Crippen molar-refractivity contribution in [2.75, 3.05) is 45.9 Å². The molecule has 24 heteroatoms. The molecule has 0 spiro atoms. The number of nitrogens with zero attached hydrogens (tertiary/aromatic N) is 4. The van der Waals surface area contributed by atoms with Crippen molar-refractivity contribution in [3.05, 3.63) is 105 Å². The van der Waals surface area contributed by atoms with E-state index < -0.39 is 108 Å². The van der Waals surface area contributed by atoms with Gasteiger partial charge in [0.15, 0.2) is 0 Å². The normalized spacial score (nSPS) is 19.2. The Morgan fingerprint density at radius 1 is 0.852 bits per heavy atom. The maximum Gasteiger partial charge on any atom is 0.399 e. The number of hydrogen-bond donors (Lipinski definition) is 5. The van der Waals surface area contributed by atoms with Gasteiger partial charge in [0.1, 0.15) is 30.7 Å². The predicted octanol–water partition coefficient (Wildman–Crippen LogP) is 5.60. The van der Waals surface area contributed by atoms with Gasteiger partial charge in [0.2, 0.25) is 35.4 Å². The molecule has 4 atom stereocenters. The van der Waals surface area contributed by atoms with E-state index in [9.17, 15) is 66.3 Å². The van der Waals surface area contributed by atoms with Gasteiger partial charge in [-0.15, -0.1) is 11.3 Å². The molecule has 3 saturated heterocycles. The zero-order valence-corrected chi connectivity index (χ0v) is 46.8. The van der Waals surface area contributed by atoms with Crippen LogP contribution >= 0.6 is 18.9 Å². The Labute approximate surface area is 470 Å². The molecule has 5 N–H and O–H groups in total. The third kappa shape index (κ3) is 13.9. The predicted molar refractivity (Wildman–Crippen MR) is 292 cm³/mol. The summed E-state index contributed by atoms with van der Waals surface area (Å²) in [6.07, 6.45) is 4.84. The highest BCUT2D eigenvalue weighted by molar-refractivity contribution is 7.52. The van der Waals surface area contributed by atoms with E-state index in [1.807, 2.05) is 30.3 Å². The third-order valence-corrected chi connectivity index (χ3v) is 16.8. The Hall–Kier alpha value is -7.22. The number of thiophene rings is 1. The highest BCUT2D eigenvalue weighted by Gasteiger charge is 2.51. The number of hydrogen-bond acceptors (Lipinski definition) is 12. The van der Waals surface area contributed by atoms with Gasteiger partial charge < -0.3 is 39.9 Å². The van der Waals surface area contributed by atoms with Crippen molar-refractivity contribution in [3.63, 3.8) is 0 Å². The number of morpholine rings is 1. The Balaban J connectivity index is 0.821. The fourth-order valence-corrected chi connectivity index (χ4v) is 11.7. The van der Waals surface area contributed by atoms with Gasteiger partial charge in [-0.05, 0) is 72.0 Å². The van der Waals surface area contributed by atoms with Gasteiger partial charge in [-0.25, -0.2) is 0 Å². The van der Waals surface area contributed by atoms with Gasteiger partial charge in [-0.3, -0.25) is 57.9 Å². The summed E-state index contributed by atoms with van der Waals surface area (Å²) in [5.41, 5.74) is -4.59. The average molecular weight is 1160 g/mol. The molecule has 4 aromatic rings. The molecule has 9 amide bonds. The summed E-state index contributed by atoms with van der Waals surface area (Å²) in [6.45, 7) is 5.70. The molecule has 430 valence electrons. The number of alkyl halides is 2. The first kappa shape index (κ1) is 59.9. The lowest BCUT2D eigenvalue weighted by atomic mass is 9.85. The summed E-state index contributed by atoms with van der Waals surface area (Å²) in [5.74, 6) is 1.05. The van der Waals surface area contributed by atoms with Crippen LogP contribution in [0.4, 0.5) is 8.78 Å². The molecule has 0 radical (unpaired) electrons. The lowest BCUT2D eigenvalue weighted by Gasteiger charge is -2.45. The van der Waals surface area contributed by atoms with Crippen LogP contribution in [0, 0.1) is 17.3 Å². The summed E-state index contributed by atoms with van der Waals surface area (Å²) in [4.78, 5) is 144. The Morgan fingerprint density at radius 2 is 1.57 bits per heavy atom. The standard InChI is InChI=1S/C57H64F2N7O13PS/c1-56(2,3)49(62-51(71)45-31-37-30-38(19-22-44(37)81-45)57(58,59)80(76,77)78)55(75)65-26-25-63(33-42(65)54(74)64-27-28-79-43(34-64)36-16-12-10-13-17-36)48(69)32-47(68)60-24-14-9-7-5-4-6-8-11-15-35-18-20-39-40(29-35)53(73)66(52(39)72)41-21-23-46(67)61-50(41)70/h10,12-13,16-20,22,29-31,41-43,49H,4-9,14,21,23-28,32-34H2,1-3H3,(H,60,68)(H,62,71)(H,61,67,70)(H2,76,77,78)/t41?,42-,43?,49+/m0/s1. The molecule has 3 aromatic carbocycles. The molecular formula is C57H64F2N7O13PS. The number of carbonyl (C=O) groups is 9. The molecular weight excluding hydrogens is 1090 g/mol. The van der Waals surface area contributed by atoms with Gasteiger partial charge in [0.25, 0.3) is 17.7 Å². The Morgan fingerprint density at radius 3 is 2.28 bits per heavy atom. The van der Waals surface area contributed by atoms with Crippen LogP contribution in [0.3, 0.4) is 0 Å². The molecule has 0 bridgehead atoms. The second kappa shape index (κ2) is 25.3. The topological polar surface area (TPSA) is 269 Å². The molecule has 5 heterocycles. The minimum atomic E-state index is -5.87. The number of fused-ring (bicyclic) bond motifs is 2. The summed E-state index contributed by atoms with van der Waals surface area (Å²) in [7, 11) is -5.87. The number of ether oxygens (including phenoxy) is 1. The second-order valence-corrected chi connectivity index (χ2v) is 24.3. The largest absolute Gasteiger partial charge is 0.399 e. The molecule has 4 aliphatic rings. The number of rotatable bonds is 18. The van der Waals surface area contributed by atoms with Crippen LogP contribution in [-0.4, -0.2) is 147 Å². The van der Waals surface area contributed by atoms with Gasteiger partial charge in [-0.1, -0.05) is 94.7 Å². The van der Waals surface area contributed by atoms with Crippen molar-refractivity contribution < 1.29 is 71.0 Å². The average Bonchev–Trinajstić information content (AvgIpc) is 3.98.